The molecule has 0 bridgehead atoms. The number of carbonyl (C=O) groups excluding carboxylic acids is 1. The number of halogens is 3. The zero-order valence-corrected chi connectivity index (χ0v) is 14.9. The molecule has 146 valence electrons. The summed E-state index contributed by atoms with van der Waals surface area (Å²) in [5.41, 5.74) is -1.31. The van der Waals surface area contributed by atoms with Gasteiger partial charge in [-0.05, 0) is 17.7 Å². The predicted molar refractivity (Wildman–Crippen MR) is 96.3 cm³/mol. The third-order valence-corrected chi connectivity index (χ3v) is 4.58. The summed E-state index contributed by atoms with van der Waals surface area (Å²) in [5, 5.41) is 2.83. The molecule has 3 aromatic rings. The molecule has 7 nitrogen and oxygen atoms in total. The number of thiazole rings is 1. The van der Waals surface area contributed by atoms with E-state index in [-0.39, 0.29) is 6.54 Å². The standard InChI is InChI=1S/C17H13F3N4O3S/c18-17(19,20)11-3-1-10(2-4-11)7-12-8-21-15(28-12)22-14(26)9-24-6-5-13(25)23-16(24)27/h1-6,8H,7,9H2,(H,21,22,26)(H,23,25,27). The number of aromatic nitrogens is 3. The van der Waals surface area contributed by atoms with Gasteiger partial charge in [-0.3, -0.25) is 19.1 Å². The highest BCUT2D eigenvalue weighted by Gasteiger charge is 2.29. The van der Waals surface area contributed by atoms with Gasteiger partial charge in [-0.1, -0.05) is 12.1 Å². The van der Waals surface area contributed by atoms with E-state index in [1.165, 1.54) is 35.9 Å². The largest absolute Gasteiger partial charge is 0.416 e. The average molecular weight is 410 g/mol. The van der Waals surface area contributed by atoms with Gasteiger partial charge in [0.1, 0.15) is 6.54 Å². The van der Waals surface area contributed by atoms with Crippen molar-refractivity contribution in [3.8, 4) is 0 Å². The first kappa shape index (κ1) is 19.5. The van der Waals surface area contributed by atoms with Crippen molar-refractivity contribution < 1.29 is 18.0 Å². The predicted octanol–water partition coefficient (Wildman–Crippen LogP) is 2.24. The lowest BCUT2D eigenvalue weighted by molar-refractivity contribution is -0.137. The molecule has 0 aliphatic heterocycles. The van der Waals surface area contributed by atoms with Gasteiger partial charge in [0, 0.05) is 29.8 Å². The molecule has 3 rings (SSSR count). The first-order valence-electron chi connectivity index (χ1n) is 7.91. The minimum atomic E-state index is -4.38. The van der Waals surface area contributed by atoms with Gasteiger partial charge < -0.3 is 5.32 Å². The fraction of sp³-hybridized carbons (Fsp3) is 0.176. The van der Waals surface area contributed by atoms with Crippen molar-refractivity contribution in [2.45, 2.75) is 19.1 Å². The molecule has 0 atom stereocenters. The molecule has 0 saturated carbocycles. The van der Waals surface area contributed by atoms with Crippen LogP contribution in [-0.4, -0.2) is 20.4 Å². The van der Waals surface area contributed by atoms with Gasteiger partial charge in [-0.2, -0.15) is 13.2 Å². The summed E-state index contributed by atoms with van der Waals surface area (Å²) in [6.07, 6.45) is -1.29. The van der Waals surface area contributed by atoms with Crippen LogP contribution >= 0.6 is 11.3 Å². The van der Waals surface area contributed by atoms with Crippen LogP contribution in [0.3, 0.4) is 0 Å². The summed E-state index contributed by atoms with van der Waals surface area (Å²) in [7, 11) is 0. The third kappa shape index (κ3) is 4.94. The number of hydrogen-bond donors (Lipinski definition) is 2. The van der Waals surface area contributed by atoms with E-state index in [2.05, 4.69) is 10.3 Å². The molecule has 1 amide bonds. The first-order valence-corrected chi connectivity index (χ1v) is 8.73. The van der Waals surface area contributed by atoms with Crippen molar-refractivity contribution in [1.29, 1.82) is 0 Å². The van der Waals surface area contributed by atoms with Crippen molar-refractivity contribution in [2.75, 3.05) is 5.32 Å². The van der Waals surface area contributed by atoms with Crippen molar-refractivity contribution in [1.82, 2.24) is 14.5 Å². The molecule has 0 radical (unpaired) electrons. The topological polar surface area (TPSA) is 96.9 Å². The smallest absolute Gasteiger partial charge is 0.300 e. The Morgan fingerprint density at radius 3 is 2.54 bits per heavy atom. The van der Waals surface area contributed by atoms with Crippen LogP contribution < -0.4 is 16.6 Å². The molecule has 0 saturated heterocycles. The zero-order chi connectivity index (χ0) is 20.3. The van der Waals surface area contributed by atoms with E-state index in [0.29, 0.717) is 17.1 Å². The monoisotopic (exact) mass is 410 g/mol. The number of aromatic amines is 1. The molecule has 0 aliphatic carbocycles. The Hall–Kier alpha value is -3.21. The van der Waals surface area contributed by atoms with Crippen molar-refractivity contribution in [3.05, 3.63) is 79.6 Å². The van der Waals surface area contributed by atoms with Gasteiger partial charge in [0.2, 0.25) is 5.91 Å². The van der Waals surface area contributed by atoms with Crippen molar-refractivity contribution in [3.63, 3.8) is 0 Å². The maximum Gasteiger partial charge on any atom is 0.416 e. The highest BCUT2D eigenvalue weighted by molar-refractivity contribution is 7.15. The zero-order valence-electron chi connectivity index (χ0n) is 14.1. The molecular weight excluding hydrogens is 397 g/mol. The van der Waals surface area contributed by atoms with Gasteiger partial charge in [0.15, 0.2) is 5.13 Å². The van der Waals surface area contributed by atoms with Crippen LogP contribution in [0.25, 0.3) is 0 Å². The molecule has 0 fully saturated rings. The molecular formula is C17H13F3N4O3S. The second-order valence-electron chi connectivity index (χ2n) is 5.79. The average Bonchev–Trinajstić information content (AvgIpc) is 3.04. The maximum absolute atomic E-state index is 12.6. The molecule has 1 aromatic carbocycles. The lowest BCUT2D eigenvalue weighted by atomic mass is 10.1. The summed E-state index contributed by atoms with van der Waals surface area (Å²) in [4.78, 5) is 41.4. The number of rotatable bonds is 5. The summed E-state index contributed by atoms with van der Waals surface area (Å²) in [5.74, 6) is -0.510. The van der Waals surface area contributed by atoms with E-state index in [1.54, 1.807) is 0 Å². The number of amides is 1. The molecule has 0 spiro atoms. The second-order valence-corrected chi connectivity index (χ2v) is 6.90. The summed E-state index contributed by atoms with van der Waals surface area (Å²) in [6, 6.07) is 5.94. The summed E-state index contributed by atoms with van der Waals surface area (Å²) >= 11 is 1.17. The Morgan fingerprint density at radius 2 is 1.89 bits per heavy atom. The molecule has 0 aliphatic rings. The van der Waals surface area contributed by atoms with E-state index in [0.717, 1.165) is 27.6 Å². The Labute approximate surface area is 159 Å². The molecule has 2 heterocycles. The third-order valence-electron chi connectivity index (χ3n) is 3.67. The molecule has 0 unspecified atom stereocenters. The Balaban J connectivity index is 1.61. The Kier molecular flexibility index (Phi) is 5.45. The van der Waals surface area contributed by atoms with Crippen LogP contribution in [0.1, 0.15) is 16.0 Å². The number of nitrogens with zero attached hydrogens (tertiary/aromatic N) is 2. The normalized spacial score (nSPS) is 11.4. The first-order chi connectivity index (χ1) is 13.2. The van der Waals surface area contributed by atoms with Crippen LogP contribution in [0.2, 0.25) is 0 Å². The number of nitrogens with one attached hydrogen (secondary N) is 2. The molecule has 28 heavy (non-hydrogen) atoms. The lowest BCUT2D eigenvalue weighted by Gasteiger charge is -2.07. The van der Waals surface area contributed by atoms with Crippen molar-refractivity contribution in [2.24, 2.45) is 0 Å². The van der Waals surface area contributed by atoms with E-state index < -0.39 is 28.9 Å². The number of alkyl halides is 3. The van der Waals surface area contributed by atoms with Crippen LogP contribution in [0.5, 0.6) is 0 Å². The van der Waals surface area contributed by atoms with Crippen LogP contribution in [0, 0.1) is 0 Å². The van der Waals surface area contributed by atoms with Crippen LogP contribution in [0.4, 0.5) is 18.3 Å². The van der Waals surface area contributed by atoms with Gasteiger partial charge in [0.05, 0.1) is 5.56 Å². The fourth-order valence-electron chi connectivity index (χ4n) is 2.34. The second kappa shape index (κ2) is 7.80. The number of benzene rings is 1. The highest BCUT2D eigenvalue weighted by Crippen LogP contribution is 2.29. The van der Waals surface area contributed by atoms with Gasteiger partial charge in [0.25, 0.3) is 5.56 Å². The fourth-order valence-corrected chi connectivity index (χ4v) is 3.20. The van der Waals surface area contributed by atoms with Gasteiger partial charge in [-0.25, -0.2) is 9.78 Å². The number of H-pyrrole nitrogens is 1. The minimum absolute atomic E-state index is 0.296. The van der Waals surface area contributed by atoms with E-state index in [4.69, 9.17) is 0 Å². The number of hydrogen-bond acceptors (Lipinski definition) is 5. The van der Waals surface area contributed by atoms with E-state index in [9.17, 15) is 27.6 Å². The van der Waals surface area contributed by atoms with E-state index in [1.807, 2.05) is 4.98 Å². The van der Waals surface area contributed by atoms with Gasteiger partial charge in [-0.15, -0.1) is 11.3 Å². The quantitative estimate of drug-likeness (QED) is 0.674. The summed E-state index contributed by atoms with van der Waals surface area (Å²) in [6.45, 7) is -0.302. The van der Waals surface area contributed by atoms with E-state index >= 15 is 0 Å². The Bertz CT molecular complexity index is 1100. The molecule has 11 heteroatoms. The lowest BCUT2D eigenvalue weighted by Crippen LogP contribution is -2.32. The van der Waals surface area contributed by atoms with Gasteiger partial charge >= 0.3 is 11.9 Å². The SMILES string of the molecule is O=C(Cn1ccc(=O)[nH]c1=O)Nc1ncc(Cc2ccc(C(F)(F)F)cc2)s1. The maximum atomic E-state index is 12.6. The van der Waals surface area contributed by atoms with Crippen molar-refractivity contribution >= 4 is 22.4 Å². The summed E-state index contributed by atoms with van der Waals surface area (Å²) < 4.78 is 38.8. The minimum Gasteiger partial charge on any atom is -0.300 e. The number of carbonyl (C=O) groups is 1. The highest BCUT2D eigenvalue weighted by atomic mass is 32.1. The molecule has 2 aromatic heterocycles. The number of anilines is 1. The van der Waals surface area contributed by atoms with Crippen LogP contribution in [0.15, 0.2) is 52.3 Å². The Morgan fingerprint density at radius 1 is 1.18 bits per heavy atom. The molecule has 2 N–H and O–H groups in total. The van der Waals surface area contributed by atoms with Crippen LogP contribution in [-0.2, 0) is 23.9 Å².